The predicted octanol–water partition coefficient (Wildman–Crippen LogP) is 3.73. The van der Waals surface area contributed by atoms with Gasteiger partial charge in [-0.3, -0.25) is 9.59 Å². The fraction of sp³-hybridized carbons (Fsp3) is 0.217. The summed E-state index contributed by atoms with van der Waals surface area (Å²) in [6, 6.07) is 16.1. The monoisotopic (exact) mass is 435 g/mol. The van der Waals surface area contributed by atoms with Gasteiger partial charge in [0.2, 0.25) is 5.91 Å². The van der Waals surface area contributed by atoms with Crippen molar-refractivity contribution in [2.24, 2.45) is 0 Å². The van der Waals surface area contributed by atoms with Crippen LogP contribution in [0.3, 0.4) is 0 Å². The Morgan fingerprint density at radius 3 is 2.55 bits per heavy atom. The highest BCUT2D eigenvalue weighted by Crippen LogP contribution is 2.20. The van der Waals surface area contributed by atoms with Crippen LogP contribution in [0.5, 0.6) is 0 Å². The van der Waals surface area contributed by atoms with Gasteiger partial charge in [0.15, 0.2) is 0 Å². The first-order chi connectivity index (χ1) is 14.9. The van der Waals surface area contributed by atoms with E-state index in [-0.39, 0.29) is 11.5 Å². The first-order valence-electron chi connectivity index (χ1n) is 9.93. The lowest BCUT2D eigenvalue weighted by atomic mass is 10.2. The molecule has 0 aliphatic carbocycles. The second-order valence-electron chi connectivity index (χ2n) is 7.42. The molecule has 8 heteroatoms. The van der Waals surface area contributed by atoms with Crippen LogP contribution >= 0.6 is 11.6 Å². The summed E-state index contributed by atoms with van der Waals surface area (Å²) in [6.45, 7) is 5.60. The number of aryl methyl sites for hydroxylation is 2. The van der Waals surface area contributed by atoms with Gasteiger partial charge in [-0.25, -0.2) is 9.36 Å². The maximum absolute atomic E-state index is 13.3. The molecule has 0 spiro atoms. The van der Waals surface area contributed by atoms with E-state index in [4.69, 9.17) is 11.6 Å². The van der Waals surface area contributed by atoms with Crippen LogP contribution in [0.25, 0.3) is 16.6 Å². The van der Waals surface area contributed by atoms with Crippen LogP contribution in [0.4, 0.5) is 0 Å². The molecule has 31 heavy (non-hydrogen) atoms. The lowest BCUT2D eigenvalue weighted by molar-refractivity contribution is -0.124. The van der Waals surface area contributed by atoms with Gasteiger partial charge in [-0.05, 0) is 50.6 Å². The molecule has 1 amide bonds. The first-order valence-corrected chi connectivity index (χ1v) is 10.3. The van der Waals surface area contributed by atoms with Crippen LogP contribution in [0.15, 0.2) is 59.4 Å². The quantitative estimate of drug-likeness (QED) is 0.518. The van der Waals surface area contributed by atoms with Gasteiger partial charge in [0.05, 0.1) is 22.5 Å². The van der Waals surface area contributed by atoms with E-state index in [1.165, 1.54) is 4.68 Å². The van der Waals surface area contributed by atoms with E-state index in [1.54, 1.807) is 30.7 Å². The van der Waals surface area contributed by atoms with E-state index in [9.17, 15) is 9.59 Å². The Hall–Kier alpha value is -3.45. The lowest BCUT2D eigenvalue weighted by Crippen LogP contribution is -2.37. The Morgan fingerprint density at radius 1 is 1.10 bits per heavy atom. The topological polar surface area (TPSA) is 81.8 Å². The number of fused-ring (bicyclic) bond motifs is 1. The van der Waals surface area contributed by atoms with Gasteiger partial charge in [-0.2, -0.15) is 10.2 Å². The van der Waals surface area contributed by atoms with Crippen LogP contribution in [-0.2, 0) is 11.3 Å². The fourth-order valence-corrected chi connectivity index (χ4v) is 3.77. The number of rotatable bonds is 5. The molecule has 158 valence electrons. The van der Waals surface area contributed by atoms with Crippen LogP contribution < -0.4 is 10.9 Å². The SMILES string of the molecule is Cc1nn(C(C)C(=O)NCc2cccc(Cl)c2)c(=O)c2c(C)n(-c3ccccc3)nc12. The van der Waals surface area contributed by atoms with Crippen molar-refractivity contribution in [3.05, 3.63) is 86.9 Å². The van der Waals surface area contributed by atoms with Gasteiger partial charge in [0.25, 0.3) is 5.56 Å². The molecule has 1 N–H and O–H groups in total. The molecule has 1 atom stereocenters. The van der Waals surface area contributed by atoms with Crippen molar-refractivity contribution in [1.82, 2.24) is 24.9 Å². The molecule has 0 fully saturated rings. The molecule has 1 unspecified atom stereocenters. The third-order valence-electron chi connectivity index (χ3n) is 5.24. The number of nitrogens with one attached hydrogen (secondary N) is 1. The van der Waals surface area contributed by atoms with Crippen molar-refractivity contribution in [3.63, 3.8) is 0 Å². The van der Waals surface area contributed by atoms with Crippen molar-refractivity contribution in [3.8, 4) is 5.69 Å². The van der Waals surface area contributed by atoms with Crippen LogP contribution in [0.1, 0.15) is 29.9 Å². The number of carbonyl (C=O) groups excluding carboxylic acids is 1. The second-order valence-corrected chi connectivity index (χ2v) is 7.85. The highest BCUT2D eigenvalue weighted by Gasteiger charge is 2.23. The molecule has 2 heterocycles. The summed E-state index contributed by atoms with van der Waals surface area (Å²) in [5, 5.41) is 12.9. The molecular weight excluding hydrogens is 414 g/mol. The maximum Gasteiger partial charge on any atom is 0.278 e. The minimum Gasteiger partial charge on any atom is -0.350 e. The molecule has 2 aromatic heterocycles. The molecule has 7 nitrogen and oxygen atoms in total. The Kier molecular flexibility index (Phi) is 5.61. The number of amides is 1. The summed E-state index contributed by atoms with van der Waals surface area (Å²) in [5.41, 5.74) is 3.22. The summed E-state index contributed by atoms with van der Waals surface area (Å²) in [7, 11) is 0. The minimum atomic E-state index is -0.783. The largest absolute Gasteiger partial charge is 0.350 e. The van der Waals surface area contributed by atoms with Gasteiger partial charge in [-0.15, -0.1) is 0 Å². The van der Waals surface area contributed by atoms with E-state index in [0.717, 1.165) is 11.3 Å². The van der Waals surface area contributed by atoms with Crippen molar-refractivity contribution < 1.29 is 4.79 Å². The van der Waals surface area contributed by atoms with Gasteiger partial charge < -0.3 is 5.32 Å². The molecule has 0 bridgehead atoms. The maximum atomic E-state index is 13.3. The second kappa shape index (κ2) is 8.35. The molecule has 4 aromatic rings. The number of aromatic nitrogens is 4. The number of carbonyl (C=O) groups is 1. The predicted molar refractivity (Wildman–Crippen MR) is 121 cm³/mol. The molecular formula is C23H22ClN5O2. The third-order valence-corrected chi connectivity index (χ3v) is 5.48. The molecule has 0 saturated carbocycles. The molecule has 0 aliphatic heterocycles. The number of hydrogen-bond acceptors (Lipinski definition) is 4. The van der Waals surface area contributed by atoms with Crippen molar-refractivity contribution in [2.75, 3.05) is 0 Å². The zero-order valence-electron chi connectivity index (χ0n) is 17.5. The number of para-hydroxylation sites is 1. The van der Waals surface area contributed by atoms with E-state index < -0.39 is 6.04 Å². The summed E-state index contributed by atoms with van der Waals surface area (Å²) in [4.78, 5) is 26.0. The number of hydrogen-bond donors (Lipinski definition) is 1. The Balaban J connectivity index is 1.67. The number of benzene rings is 2. The highest BCUT2D eigenvalue weighted by molar-refractivity contribution is 6.30. The van der Waals surface area contributed by atoms with Crippen LogP contribution in [0.2, 0.25) is 5.02 Å². The molecule has 0 radical (unpaired) electrons. The van der Waals surface area contributed by atoms with Crippen LogP contribution in [0, 0.1) is 13.8 Å². The standard InChI is InChI=1S/C23H22ClN5O2/c1-14-21-20(15(2)28(27-21)19-10-5-4-6-11-19)23(31)29(26-14)16(3)22(30)25-13-17-8-7-9-18(24)12-17/h4-12,16H,13H2,1-3H3,(H,25,30). The molecule has 2 aromatic carbocycles. The number of halogens is 1. The number of nitrogens with zero attached hydrogens (tertiary/aromatic N) is 4. The molecule has 4 rings (SSSR count). The van der Waals surface area contributed by atoms with Gasteiger partial charge in [0.1, 0.15) is 11.6 Å². The normalized spacial score (nSPS) is 12.1. The van der Waals surface area contributed by atoms with Gasteiger partial charge in [-0.1, -0.05) is 41.9 Å². The fourth-order valence-electron chi connectivity index (χ4n) is 3.56. The van der Waals surface area contributed by atoms with Crippen molar-refractivity contribution >= 4 is 28.4 Å². The average Bonchev–Trinajstić information content (AvgIpc) is 3.13. The summed E-state index contributed by atoms with van der Waals surface area (Å²) in [5.74, 6) is -0.304. The molecule has 0 aliphatic rings. The van der Waals surface area contributed by atoms with Gasteiger partial charge >= 0.3 is 0 Å². The smallest absolute Gasteiger partial charge is 0.278 e. The van der Waals surface area contributed by atoms with Gasteiger partial charge in [0, 0.05) is 11.6 Å². The summed E-state index contributed by atoms with van der Waals surface area (Å²) >= 11 is 6.00. The van der Waals surface area contributed by atoms with Crippen molar-refractivity contribution in [1.29, 1.82) is 0 Å². The molecule has 0 saturated heterocycles. The minimum absolute atomic E-state index is 0.304. The third kappa shape index (κ3) is 3.96. The summed E-state index contributed by atoms with van der Waals surface area (Å²) in [6.07, 6.45) is 0. The Morgan fingerprint density at radius 2 is 1.84 bits per heavy atom. The summed E-state index contributed by atoms with van der Waals surface area (Å²) < 4.78 is 2.96. The zero-order chi connectivity index (χ0) is 22.1. The zero-order valence-corrected chi connectivity index (χ0v) is 18.2. The van der Waals surface area contributed by atoms with E-state index in [2.05, 4.69) is 15.5 Å². The highest BCUT2D eigenvalue weighted by atomic mass is 35.5. The lowest BCUT2D eigenvalue weighted by Gasteiger charge is -2.15. The van der Waals surface area contributed by atoms with E-state index >= 15 is 0 Å². The van der Waals surface area contributed by atoms with E-state index in [0.29, 0.717) is 33.9 Å². The van der Waals surface area contributed by atoms with E-state index in [1.807, 2.05) is 49.4 Å². The van der Waals surface area contributed by atoms with Crippen LogP contribution in [-0.4, -0.2) is 25.5 Å². The Bertz CT molecular complexity index is 1330. The first kappa shape index (κ1) is 20.8. The Labute approximate surface area is 184 Å². The van der Waals surface area contributed by atoms with Crippen molar-refractivity contribution in [2.45, 2.75) is 33.4 Å². The average molecular weight is 436 g/mol.